The highest BCUT2D eigenvalue weighted by Gasteiger charge is 2.05. The summed E-state index contributed by atoms with van der Waals surface area (Å²) in [5, 5.41) is 0. The van der Waals surface area contributed by atoms with Crippen molar-refractivity contribution < 1.29 is 0 Å². The predicted molar refractivity (Wildman–Crippen MR) is 63.9 cm³/mol. The zero-order valence-electron chi connectivity index (χ0n) is 9.08. The summed E-state index contributed by atoms with van der Waals surface area (Å²) in [6, 6.07) is 8.10. The molecule has 82 valence electrons. The van der Waals surface area contributed by atoms with Crippen LogP contribution in [0.3, 0.4) is 0 Å². The van der Waals surface area contributed by atoms with Gasteiger partial charge in [-0.15, -0.1) is 0 Å². The van der Waals surface area contributed by atoms with Crippen molar-refractivity contribution in [2.24, 2.45) is 5.73 Å². The smallest absolute Gasteiger partial charge is 0.0300 e. The first-order valence-corrected chi connectivity index (χ1v) is 5.38. The van der Waals surface area contributed by atoms with Crippen LogP contribution in [0.2, 0.25) is 0 Å². The monoisotopic (exact) mass is 213 g/mol. The molecule has 2 heterocycles. The van der Waals surface area contributed by atoms with Crippen LogP contribution in [0.25, 0.3) is 0 Å². The Hall–Kier alpha value is -1.74. The van der Waals surface area contributed by atoms with Crippen molar-refractivity contribution in [3.05, 3.63) is 60.2 Å². The van der Waals surface area contributed by atoms with Crippen molar-refractivity contribution in [2.45, 2.75) is 18.9 Å². The molecule has 3 nitrogen and oxygen atoms in total. The van der Waals surface area contributed by atoms with Gasteiger partial charge in [0.1, 0.15) is 0 Å². The number of hydrogen-bond donors (Lipinski definition) is 1. The van der Waals surface area contributed by atoms with Crippen LogP contribution < -0.4 is 5.73 Å². The maximum absolute atomic E-state index is 6.08. The molecular weight excluding hydrogens is 198 g/mol. The van der Waals surface area contributed by atoms with Crippen molar-refractivity contribution in [2.75, 3.05) is 0 Å². The molecule has 2 aromatic heterocycles. The van der Waals surface area contributed by atoms with Gasteiger partial charge in [-0.05, 0) is 36.1 Å². The summed E-state index contributed by atoms with van der Waals surface area (Å²) in [7, 11) is 0. The Morgan fingerprint density at radius 3 is 1.81 bits per heavy atom. The van der Waals surface area contributed by atoms with Crippen molar-refractivity contribution in [1.82, 2.24) is 9.97 Å². The van der Waals surface area contributed by atoms with Gasteiger partial charge in [-0.3, -0.25) is 9.97 Å². The molecule has 0 unspecified atom stereocenters. The maximum Gasteiger partial charge on any atom is 0.0300 e. The molecule has 0 aliphatic heterocycles. The highest BCUT2D eigenvalue weighted by atomic mass is 14.7. The molecule has 0 aliphatic carbocycles. The van der Waals surface area contributed by atoms with E-state index in [1.165, 1.54) is 11.1 Å². The molecular formula is C13H15N3. The average molecular weight is 213 g/mol. The maximum atomic E-state index is 6.08. The fraction of sp³-hybridized carbons (Fsp3) is 0.231. The van der Waals surface area contributed by atoms with Gasteiger partial charge in [-0.2, -0.15) is 0 Å². The second-order valence-electron chi connectivity index (χ2n) is 3.89. The van der Waals surface area contributed by atoms with Crippen molar-refractivity contribution in [3.8, 4) is 0 Å². The number of nitrogens with zero attached hydrogens (tertiary/aromatic N) is 2. The quantitative estimate of drug-likeness (QED) is 0.839. The van der Waals surface area contributed by atoms with Gasteiger partial charge in [0.25, 0.3) is 0 Å². The van der Waals surface area contributed by atoms with Crippen LogP contribution in [0.1, 0.15) is 11.1 Å². The van der Waals surface area contributed by atoms with Gasteiger partial charge >= 0.3 is 0 Å². The number of nitrogens with two attached hydrogens (primary N) is 1. The Morgan fingerprint density at radius 2 is 1.44 bits per heavy atom. The van der Waals surface area contributed by atoms with Crippen LogP contribution in [0.15, 0.2) is 49.1 Å². The van der Waals surface area contributed by atoms with Gasteiger partial charge in [0.05, 0.1) is 0 Å². The van der Waals surface area contributed by atoms with Crippen LogP contribution in [0, 0.1) is 0 Å². The average Bonchev–Trinajstić information content (AvgIpc) is 2.31. The molecule has 16 heavy (non-hydrogen) atoms. The first-order chi connectivity index (χ1) is 7.84. The van der Waals surface area contributed by atoms with Gasteiger partial charge in [-0.1, -0.05) is 12.1 Å². The minimum atomic E-state index is 0.119. The molecule has 0 aromatic carbocycles. The van der Waals surface area contributed by atoms with Gasteiger partial charge < -0.3 is 5.73 Å². The lowest BCUT2D eigenvalue weighted by Crippen LogP contribution is -2.25. The van der Waals surface area contributed by atoms with E-state index >= 15 is 0 Å². The van der Waals surface area contributed by atoms with E-state index in [9.17, 15) is 0 Å². The lowest BCUT2D eigenvalue weighted by molar-refractivity contribution is 0.662. The first kappa shape index (κ1) is 10.8. The second-order valence-corrected chi connectivity index (χ2v) is 3.89. The Labute approximate surface area is 95.4 Å². The Kier molecular flexibility index (Phi) is 3.62. The van der Waals surface area contributed by atoms with Crippen molar-refractivity contribution in [1.29, 1.82) is 0 Å². The summed E-state index contributed by atoms with van der Waals surface area (Å²) in [6.45, 7) is 0. The zero-order chi connectivity index (χ0) is 11.2. The lowest BCUT2D eigenvalue weighted by atomic mass is 10.0. The number of aromatic nitrogens is 2. The minimum Gasteiger partial charge on any atom is -0.327 e. The fourth-order valence-electron chi connectivity index (χ4n) is 1.72. The van der Waals surface area contributed by atoms with Crippen LogP contribution in [0.4, 0.5) is 0 Å². The van der Waals surface area contributed by atoms with E-state index < -0.39 is 0 Å². The van der Waals surface area contributed by atoms with E-state index in [0.717, 1.165) is 12.8 Å². The normalized spacial score (nSPS) is 10.6. The van der Waals surface area contributed by atoms with E-state index in [4.69, 9.17) is 5.73 Å². The molecule has 3 heteroatoms. The summed E-state index contributed by atoms with van der Waals surface area (Å²) < 4.78 is 0. The van der Waals surface area contributed by atoms with E-state index in [0.29, 0.717) is 0 Å². The molecule has 0 saturated heterocycles. The third-order valence-corrected chi connectivity index (χ3v) is 2.44. The molecule has 0 fully saturated rings. The largest absolute Gasteiger partial charge is 0.327 e. The van der Waals surface area contributed by atoms with Crippen LogP contribution in [0.5, 0.6) is 0 Å². The first-order valence-electron chi connectivity index (χ1n) is 5.38. The van der Waals surface area contributed by atoms with Crippen LogP contribution in [-0.4, -0.2) is 16.0 Å². The second kappa shape index (κ2) is 5.37. The molecule has 0 bridgehead atoms. The van der Waals surface area contributed by atoms with Crippen molar-refractivity contribution >= 4 is 0 Å². The molecule has 0 radical (unpaired) electrons. The van der Waals surface area contributed by atoms with E-state index in [2.05, 4.69) is 22.1 Å². The molecule has 2 N–H and O–H groups in total. The Morgan fingerprint density at radius 1 is 0.938 bits per heavy atom. The summed E-state index contributed by atoms with van der Waals surface area (Å²) in [4.78, 5) is 8.15. The number of pyridine rings is 2. The molecule has 2 aromatic rings. The molecule has 0 spiro atoms. The minimum absolute atomic E-state index is 0.119. The summed E-state index contributed by atoms with van der Waals surface area (Å²) >= 11 is 0. The van der Waals surface area contributed by atoms with Crippen molar-refractivity contribution in [3.63, 3.8) is 0 Å². The molecule has 2 rings (SSSR count). The molecule has 0 saturated carbocycles. The number of hydrogen-bond acceptors (Lipinski definition) is 3. The molecule has 0 amide bonds. The predicted octanol–water partition coefficient (Wildman–Crippen LogP) is 1.59. The molecule has 0 aliphatic rings. The summed E-state index contributed by atoms with van der Waals surface area (Å²) in [6.07, 6.45) is 8.98. The Balaban J connectivity index is 1.92. The number of rotatable bonds is 4. The molecule has 0 atom stereocenters. The third kappa shape index (κ3) is 3.14. The van der Waals surface area contributed by atoms with E-state index in [1.54, 1.807) is 12.4 Å². The fourth-order valence-corrected chi connectivity index (χ4v) is 1.72. The van der Waals surface area contributed by atoms with Crippen LogP contribution in [-0.2, 0) is 12.8 Å². The topological polar surface area (TPSA) is 51.8 Å². The summed E-state index contributed by atoms with van der Waals surface area (Å²) in [5.74, 6) is 0. The standard InChI is InChI=1S/C13H15N3/c14-13(7-11-3-1-5-15-9-11)8-12-4-2-6-16-10-12/h1-6,9-10,13H,7-8,14H2. The zero-order valence-corrected chi connectivity index (χ0v) is 9.08. The van der Waals surface area contributed by atoms with Gasteiger partial charge in [-0.25, -0.2) is 0 Å². The summed E-state index contributed by atoms with van der Waals surface area (Å²) in [5.41, 5.74) is 8.44. The van der Waals surface area contributed by atoms with E-state index in [1.807, 2.05) is 24.5 Å². The third-order valence-electron chi connectivity index (χ3n) is 2.44. The highest BCUT2D eigenvalue weighted by Crippen LogP contribution is 2.05. The van der Waals surface area contributed by atoms with Crippen LogP contribution >= 0.6 is 0 Å². The van der Waals surface area contributed by atoms with Gasteiger partial charge in [0.2, 0.25) is 0 Å². The lowest BCUT2D eigenvalue weighted by Gasteiger charge is -2.10. The van der Waals surface area contributed by atoms with Gasteiger partial charge in [0.15, 0.2) is 0 Å². The van der Waals surface area contributed by atoms with E-state index in [-0.39, 0.29) is 6.04 Å². The Bertz CT molecular complexity index is 372. The SMILES string of the molecule is NC(Cc1cccnc1)Cc1cccnc1. The highest BCUT2D eigenvalue weighted by molar-refractivity contribution is 5.14. The van der Waals surface area contributed by atoms with Gasteiger partial charge in [0, 0.05) is 30.8 Å².